The molecule has 0 saturated heterocycles. The highest BCUT2D eigenvalue weighted by Crippen LogP contribution is 2.26. The summed E-state index contributed by atoms with van der Waals surface area (Å²) in [6.07, 6.45) is 9.66. The normalized spacial score (nSPS) is 17.6. The largest absolute Gasteiger partial charge is 0.480 e. The Morgan fingerprint density at radius 1 is 1.38 bits per heavy atom. The monoisotopic (exact) mass is 225 g/mol. The van der Waals surface area contributed by atoms with Crippen molar-refractivity contribution >= 4 is 5.97 Å². The summed E-state index contributed by atoms with van der Waals surface area (Å²) in [5, 5.41) is 8.77. The summed E-state index contributed by atoms with van der Waals surface area (Å²) in [7, 11) is 0. The quantitative estimate of drug-likeness (QED) is 0.677. The summed E-state index contributed by atoms with van der Waals surface area (Å²) in [5.74, 6) is 0.0698. The molecule has 0 radical (unpaired) electrons. The Labute approximate surface area is 98.1 Å². The second kappa shape index (κ2) is 7.44. The first-order valence-corrected chi connectivity index (χ1v) is 6.27. The third-order valence-electron chi connectivity index (χ3n) is 3.32. The zero-order valence-electron chi connectivity index (χ0n) is 10.0. The van der Waals surface area contributed by atoms with Gasteiger partial charge in [0.05, 0.1) is 6.54 Å². The average molecular weight is 225 g/mol. The van der Waals surface area contributed by atoms with Gasteiger partial charge in [-0.3, -0.25) is 9.69 Å². The van der Waals surface area contributed by atoms with Crippen molar-refractivity contribution in [2.24, 2.45) is 5.92 Å². The van der Waals surface area contributed by atoms with Gasteiger partial charge in [-0.1, -0.05) is 38.2 Å². The van der Waals surface area contributed by atoms with Crippen LogP contribution < -0.4 is 0 Å². The van der Waals surface area contributed by atoms with E-state index in [1.165, 1.54) is 32.1 Å². The van der Waals surface area contributed by atoms with E-state index < -0.39 is 5.97 Å². The number of carboxylic acids is 1. The van der Waals surface area contributed by atoms with Crippen LogP contribution in [0.15, 0.2) is 12.7 Å². The van der Waals surface area contributed by atoms with Gasteiger partial charge < -0.3 is 5.11 Å². The maximum absolute atomic E-state index is 10.7. The number of hydrogen-bond acceptors (Lipinski definition) is 2. The van der Waals surface area contributed by atoms with Crippen molar-refractivity contribution in [1.29, 1.82) is 0 Å². The Hall–Kier alpha value is -0.830. The van der Waals surface area contributed by atoms with Gasteiger partial charge in [0, 0.05) is 6.54 Å². The molecule has 1 rings (SSSR count). The van der Waals surface area contributed by atoms with Crippen molar-refractivity contribution in [2.45, 2.75) is 38.5 Å². The van der Waals surface area contributed by atoms with E-state index >= 15 is 0 Å². The summed E-state index contributed by atoms with van der Waals surface area (Å²) in [5.41, 5.74) is 0. The maximum atomic E-state index is 10.7. The first kappa shape index (κ1) is 13.2. The molecule has 1 N–H and O–H groups in total. The SMILES string of the molecule is C=CCN(CCC1CCCCC1)CC(=O)O. The second-order valence-electron chi connectivity index (χ2n) is 4.71. The summed E-state index contributed by atoms with van der Waals surface area (Å²) < 4.78 is 0. The Morgan fingerprint density at radius 2 is 2.06 bits per heavy atom. The van der Waals surface area contributed by atoms with Gasteiger partial charge in [-0.15, -0.1) is 6.58 Å². The van der Waals surface area contributed by atoms with Crippen molar-refractivity contribution < 1.29 is 9.90 Å². The van der Waals surface area contributed by atoms with Crippen LogP contribution >= 0.6 is 0 Å². The summed E-state index contributed by atoms with van der Waals surface area (Å²) in [6.45, 7) is 5.38. The van der Waals surface area contributed by atoms with E-state index in [0.717, 1.165) is 18.9 Å². The van der Waals surface area contributed by atoms with E-state index in [2.05, 4.69) is 6.58 Å². The predicted molar refractivity (Wildman–Crippen MR) is 65.5 cm³/mol. The number of carbonyl (C=O) groups is 1. The third-order valence-corrected chi connectivity index (χ3v) is 3.32. The summed E-state index contributed by atoms with van der Waals surface area (Å²) >= 11 is 0. The lowest BCUT2D eigenvalue weighted by atomic mass is 9.87. The van der Waals surface area contributed by atoms with E-state index in [0.29, 0.717) is 6.54 Å². The fourth-order valence-corrected chi connectivity index (χ4v) is 2.45. The van der Waals surface area contributed by atoms with Gasteiger partial charge >= 0.3 is 5.97 Å². The van der Waals surface area contributed by atoms with Crippen LogP contribution in [-0.4, -0.2) is 35.6 Å². The van der Waals surface area contributed by atoms with Gasteiger partial charge in [0.1, 0.15) is 0 Å². The minimum atomic E-state index is -0.745. The Morgan fingerprint density at radius 3 is 2.62 bits per heavy atom. The topological polar surface area (TPSA) is 40.5 Å². The van der Waals surface area contributed by atoms with Crippen molar-refractivity contribution in [3.8, 4) is 0 Å². The molecule has 0 bridgehead atoms. The molecular weight excluding hydrogens is 202 g/mol. The first-order valence-electron chi connectivity index (χ1n) is 6.27. The Kier molecular flexibility index (Phi) is 6.16. The third kappa shape index (κ3) is 5.31. The maximum Gasteiger partial charge on any atom is 0.317 e. The summed E-state index contributed by atoms with van der Waals surface area (Å²) in [6, 6.07) is 0. The zero-order valence-corrected chi connectivity index (χ0v) is 10.0. The Balaban J connectivity index is 2.24. The number of aliphatic carboxylic acids is 1. The molecule has 92 valence electrons. The van der Waals surface area contributed by atoms with E-state index in [-0.39, 0.29) is 6.54 Å². The lowest BCUT2D eigenvalue weighted by Crippen LogP contribution is -2.32. The number of rotatable bonds is 7. The number of nitrogens with zero attached hydrogens (tertiary/aromatic N) is 1. The van der Waals surface area contributed by atoms with Gasteiger partial charge in [0.15, 0.2) is 0 Å². The van der Waals surface area contributed by atoms with E-state index in [4.69, 9.17) is 5.11 Å². The zero-order chi connectivity index (χ0) is 11.8. The van der Waals surface area contributed by atoms with Crippen molar-refractivity contribution in [3.05, 3.63) is 12.7 Å². The molecule has 1 saturated carbocycles. The molecule has 0 aliphatic heterocycles. The Bertz CT molecular complexity index is 222. The fraction of sp³-hybridized carbons (Fsp3) is 0.769. The van der Waals surface area contributed by atoms with Crippen LogP contribution in [0.5, 0.6) is 0 Å². The van der Waals surface area contributed by atoms with E-state index in [1.807, 2.05) is 4.90 Å². The smallest absolute Gasteiger partial charge is 0.317 e. The molecule has 3 heteroatoms. The average Bonchev–Trinajstić information content (AvgIpc) is 2.27. The van der Waals surface area contributed by atoms with Crippen LogP contribution in [0.2, 0.25) is 0 Å². The highest BCUT2D eigenvalue weighted by atomic mass is 16.4. The predicted octanol–water partition coefficient (Wildman–Crippen LogP) is 2.53. The molecule has 1 aliphatic carbocycles. The minimum absolute atomic E-state index is 0.138. The molecule has 0 spiro atoms. The molecule has 0 aromatic carbocycles. The van der Waals surface area contributed by atoms with Crippen LogP contribution in [0.1, 0.15) is 38.5 Å². The molecule has 0 aromatic rings. The molecule has 0 heterocycles. The molecule has 1 fully saturated rings. The van der Waals surface area contributed by atoms with Crippen molar-refractivity contribution in [2.75, 3.05) is 19.6 Å². The molecule has 1 aliphatic rings. The van der Waals surface area contributed by atoms with Crippen molar-refractivity contribution in [1.82, 2.24) is 4.90 Å². The second-order valence-corrected chi connectivity index (χ2v) is 4.71. The van der Waals surface area contributed by atoms with Crippen LogP contribution in [0.3, 0.4) is 0 Å². The minimum Gasteiger partial charge on any atom is -0.480 e. The van der Waals surface area contributed by atoms with Crippen LogP contribution in [0, 0.1) is 5.92 Å². The molecule has 0 atom stereocenters. The fourth-order valence-electron chi connectivity index (χ4n) is 2.45. The van der Waals surface area contributed by atoms with Gasteiger partial charge in [-0.25, -0.2) is 0 Å². The molecular formula is C13H23NO2. The molecule has 0 unspecified atom stereocenters. The summed E-state index contributed by atoms with van der Waals surface area (Å²) in [4.78, 5) is 12.6. The molecule has 0 amide bonds. The van der Waals surface area contributed by atoms with Crippen molar-refractivity contribution in [3.63, 3.8) is 0 Å². The van der Waals surface area contributed by atoms with E-state index in [9.17, 15) is 4.79 Å². The van der Waals surface area contributed by atoms with Crippen LogP contribution in [0.4, 0.5) is 0 Å². The van der Waals surface area contributed by atoms with Gasteiger partial charge in [-0.2, -0.15) is 0 Å². The lowest BCUT2D eigenvalue weighted by Gasteiger charge is -2.25. The van der Waals surface area contributed by atoms with Gasteiger partial charge in [0.2, 0.25) is 0 Å². The van der Waals surface area contributed by atoms with Crippen LogP contribution in [-0.2, 0) is 4.79 Å². The molecule has 0 aromatic heterocycles. The van der Waals surface area contributed by atoms with Gasteiger partial charge in [-0.05, 0) is 18.9 Å². The van der Waals surface area contributed by atoms with Crippen LogP contribution in [0.25, 0.3) is 0 Å². The van der Waals surface area contributed by atoms with Gasteiger partial charge in [0.25, 0.3) is 0 Å². The number of carboxylic acid groups (broad SMARTS) is 1. The molecule has 16 heavy (non-hydrogen) atoms. The lowest BCUT2D eigenvalue weighted by molar-refractivity contribution is -0.138. The first-order chi connectivity index (χ1) is 7.72. The van der Waals surface area contributed by atoms with E-state index in [1.54, 1.807) is 6.08 Å². The highest BCUT2D eigenvalue weighted by Gasteiger charge is 2.15. The molecule has 3 nitrogen and oxygen atoms in total. The highest BCUT2D eigenvalue weighted by molar-refractivity contribution is 5.69. The number of hydrogen-bond donors (Lipinski definition) is 1. The standard InChI is InChI=1S/C13H23NO2/c1-2-9-14(11-13(15)16)10-8-12-6-4-3-5-7-12/h2,12H,1,3-11H2,(H,15,16).